The number of hydrogen-bond donors (Lipinski definition) is 2. The Morgan fingerprint density at radius 2 is 2.15 bits per heavy atom. The molecule has 1 saturated carbocycles. The fraction of sp³-hybridized carbons (Fsp3) is 0.267. The number of carbonyl (C=O) groups excluding carboxylic acids is 1. The molecule has 1 aliphatic carbocycles. The monoisotopic (exact) mass is 285 g/mol. The van der Waals surface area contributed by atoms with Crippen LogP contribution in [0.3, 0.4) is 0 Å². The van der Waals surface area contributed by atoms with Gasteiger partial charge in [-0.25, -0.2) is 0 Å². The van der Waals surface area contributed by atoms with Crippen molar-refractivity contribution in [2.45, 2.75) is 19.3 Å². The lowest BCUT2D eigenvalue weighted by Crippen LogP contribution is -2.50. The molecule has 0 unspecified atom stereocenters. The van der Waals surface area contributed by atoms with Gasteiger partial charge in [0, 0.05) is 28.9 Å². The highest BCUT2D eigenvalue weighted by atomic mass is 32.1. The number of fused-ring (bicyclic) bond motifs is 1. The van der Waals surface area contributed by atoms with Gasteiger partial charge in [0.15, 0.2) is 0 Å². The molecular formula is C15H15N3OS. The van der Waals surface area contributed by atoms with Gasteiger partial charge in [0.05, 0.1) is 10.4 Å². The van der Waals surface area contributed by atoms with Gasteiger partial charge in [-0.2, -0.15) is 0 Å². The van der Waals surface area contributed by atoms with Crippen molar-refractivity contribution in [1.29, 1.82) is 0 Å². The minimum absolute atomic E-state index is 0.0967. The van der Waals surface area contributed by atoms with E-state index in [2.05, 4.69) is 10.3 Å². The van der Waals surface area contributed by atoms with Crippen LogP contribution in [0.5, 0.6) is 0 Å². The number of anilines is 1. The molecule has 3 N–H and O–H groups in total. The van der Waals surface area contributed by atoms with Crippen LogP contribution in [0.15, 0.2) is 36.7 Å². The lowest BCUT2D eigenvalue weighted by molar-refractivity contribution is -0.125. The first kappa shape index (κ1) is 13.0. The zero-order chi connectivity index (χ0) is 14.2. The molecule has 0 bridgehead atoms. The average molecular weight is 285 g/mol. The Balaban J connectivity index is 1.94. The second kappa shape index (κ2) is 4.83. The molecule has 2 aromatic rings. The van der Waals surface area contributed by atoms with Crippen molar-refractivity contribution in [2.75, 3.05) is 5.32 Å². The number of hydrogen-bond acceptors (Lipinski definition) is 3. The third-order valence-corrected chi connectivity index (χ3v) is 4.43. The zero-order valence-corrected chi connectivity index (χ0v) is 11.7. The van der Waals surface area contributed by atoms with Crippen LogP contribution in [0.2, 0.25) is 0 Å². The Kier molecular flexibility index (Phi) is 3.14. The summed E-state index contributed by atoms with van der Waals surface area (Å²) >= 11 is 5.08. The van der Waals surface area contributed by atoms with Crippen molar-refractivity contribution in [3.05, 3.63) is 36.7 Å². The molecule has 102 valence electrons. The van der Waals surface area contributed by atoms with E-state index in [4.69, 9.17) is 18.0 Å². The largest absolute Gasteiger partial charge is 0.392 e. The number of benzene rings is 1. The number of nitrogens with one attached hydrogen (secondary N) is 1. The van der Waals surface area contributed by atoms with Crippen LogP contribution in [0.25, 0.3) is 10.8 Å². The van der Waals surface area contributed by atoms with Gasteiger partial charge in [0.1, 0.15) is 0 Å². The molecule has 0 atom stereocenters. The van der Waals surface area contributed by atoms with E-state index in [1.165, 1.54) is 0 Å². The van der Waals surface area contributed by atoms with Crippen LogP contribution < -0.4 is 11.1 Å². The van der Waals surface area contributed by atoms with E-state index in [9.17, 15) is 4.79 Å². The van der Waals surface area contributed by atoms with Gasteiger partial charge in [0.25, 0.3) is 0 Å². The van der Waals surface area contributed by atoms with Crippen molar-refractivity contribution < 1.29 is 4.79 Å². The molecule has 1 amide bonds. The van der Waals surface area contributed by atoms with Gasteiger partial charge < -0.3 is 11.1 Å². The van der Waals surface area contributed by atoms with Crippen LogP contribution >= 0.6 is 12.2 Å². The van der Waals surface area contributed by atoms with Crippen LogP contribution in [-0.4, -0.2) is 15.9 Å². The maximum Gasteiger partial charge on any atom is 0.237 e. The average Bonchev–Trinajstić information content (AvgIpc) is 2.37. The second-order valence-electron chi connectivity index (χ2n) is 5.16. The molecule has 1 fully saturated rings. The highest BCUT2D eigenvalue weighted by molar-refractivity contribution is 7.80. The van der Waals surface area contributed by atoms with Crippen molar-refractivity contribution in [1.82, 2.24) is 4.98 Å². The maximum absolute atomic E-state index is 12.5. The number of nitrogens with zero attached hydrogens (tertiary/aromatic N) is 1. The summed E-state index contributed by atoms with van der Waals surface area (Å²) in [5, 5.41) is 4.93. The van der Waals surface area contributed by atoms with Crippen LogP contribution in [0.4, 0.5) is 5.69 Å². The molecule has 1 aromatic heterocycles. The molecule has 5 heteroatoms. The molecule has 1 aromatic carbocycles. The third-order valence-electron chi connectivity index (χ3n) is 4.04. The Bertz CT molecular complexity index is 689. The topological polar surface area (TPSA) is 68.0 Å². The van der Waals surface area contributed by atoms with E-state index in [0.29, 0.717) is 4.99 Å². The number of pyridine rings is 1. The minimum atomic E-state index is -0.662. The van der Waals surface area contributed by atoms with Crippen LogP contribution in [-0.2, 0) is 4.79 Å². The summed E-state index contributed by atoms with van der Waals surface area (Å²) in [6.07, 6.45) is 5.95. The fourth-order valence-electron chi connectivity index (χ4n) is 2.59. The van der Waals surface area contributed by atoms with E-state index in [1.807, 2.05) is 24.3 Å². The van der Waals surface area contributed by atoms with E-state index in [0.717, 1.165) is 35.7 Å². The van der Waals surface area contributed by atoms with E-state index in [-0.39, 0.29) is 5.91 Å². The molecule has 0 spiro atoms. The number of amides is 1. The molecule has 0 aliphatic heterocycles. The van der Waals surface area contributed by atoms with Crippen LogP contribution in [0, 0.1) is 5.41 Å². The summed E-state index contributed by atoms with van der Waals surface area (Å²) in [4.78, 5) is 16.9. The van der Waals surface area contributed by atoms with Gasteiger partial charge in [-0.3, -0.25) is 9.78 Å². The van der Waals surface area contributed by atoms with Crippen molar-refractivity contribution >= 4 is 39.6 Å². The van der Waals surface area contributed by atoms with Gasteiger partial charge >= 0.3 is 0 Å². The molecule has 1 heterocycles. The van der Waals surface area contributed by atoms with Gasteiger partial charge in [0.2, 0.25) is 5.91 Å². The molecule has 20 heavy (non-hydrogen) atoms. The Morgan fingerprint density at radius 1 is 1.35 bits per heavy atom. The maximum atomic E-state index is 12.5. The predicted octanol–water partition coefficient (Wildman–Crippen LogP) is 2.63. The van der Waals surface area contributed by atoms with E-state index < -0.39 is 5.41 Å². The lowest BCUT2D eigenvalue weighted by atomic mass is 9.68. The summed E-state index contributed by atoms with van der Waals surface area (Å²) in [6, 6.07) is 7.63. The molecule has 3 rings (SSSR count). The zero-order valence-electron chi connectivity index (χ0n) is 10.9. The first-order chi connectivity index (χ1) is 9.63. The minimum Gasteiger partial charge on any atom is -0.392 e. The lowest BCUT2D eigenvalue weighted by Gasteiger charge is -2.39. The van der Waals surface area contributed by atoms with Crippen molar-refractivity contribution in [3.63, 3.8) is 0 Å². The normalized spacial score (nSPS) is 16.4. The van der Waals surface area contributed by atoms with Crippen molar-refractivity contribution in [2.24, 2.45) is 11.1 Å². The number of rotatable bonds is 3. The summed E-state index contributed by atoms with van der Waals surface area (Å²) < 4.78 is 0. The number of thiocarbonyl (C=S) groups is 1. The van der Waals surface area contributed by atoms with Gasteiger partial charge in [-0.15, -0.1) is 0 Å². The molecular weight excluding hydrogens is 270 g/mol. The van der Waals surface area contributed by atoms with E-state index >= 15 is 0 Å². The fourth-order valence-corrected chi connectivity index (χ4v) is 2.89. The summed E-state index contributed by atoms with van der Waals surface area (Å²) in [5.74, 6) is -0.0967. The quantitative estimate of drug-likeness (QED) is 0.851. The number of nitrogens with two attached hydrogens (primary N) is 1. The first-order valence-corrected chi connectivity index (χ1v) is 6.98. The number of aromatic nitrogens is 1. The van der Waals surface area contributed by atoms with Crippen molar-refractivity contribution in [3.8, 4) is 0 Å². The summed E-state index contributed by atoms with van der Waals surface area (Å²) in [6.45, 7) is 0. The van der Waals surface area contributed by atoms with Gasteiger partial charge in [-0.1, -0.05) is 30.8 Å². The smallest absolute Gasteiger partial charge is 0.237 e. The Morgan fingerprint density at radius 3 is 2.80 bits per heavy atom. The SMILES string of the molecule is NC(=S)C1(C(=O)Nc2cccc3cnccc23)CCC1. The standard InChI is InChI=1S/C15H15N3OS/c16-13(20)15(6-2-7-15)14(19)18-12-4-1-3-10-9-17-8-5-11(10)12/h1,3-5,8-9H,2,6-7H2,(H2,16,20)(H,18,19). The highest BCUT2D eigenvalue weighted by Gasteiger charge is 2.47. The predicted molar refractivity (Wildman–Crippen MR) is 83.4 cm³/mol. The number of carbonyl (C=O) groups is 1. The Labute approximate surface area is 122 Å². The summed E-state index contributed by atoms with van der Waals surface area (Å²) in [7, 11) is 0. The molecule has 0 saturated heterocycles. The first-order valence-electron chi connectivity index (χ1n) is 6.58. The van der Waals surface area contributed by atoms with Crippen LogP contribution in [0.1, 0.15) is 19.3 Å². The summed E-state index contributed by atoms with van der Waals surface area (Å²) in [5.41, 5.74) is 5.87. The second-order valence-corrected chi connectivity index (χ2v) is 5.60. The molecule has 1 aliphatic rings. The highest BCUT2D eigenvalue weighted by Crippen LogP contribution is 2.42. The van der Waals surface area contributed by atoms with Gasteiger partial charge in [-0.05, 0) is 25.0 Å². The molecule has 0 radical (unpaired) electrons. The third kappa shape index (κ3) is 1.94. The Hall–Kier alpha value is -2.01. The molecule has 4 nitrogen and oxygen atoms in total. The van der Waals surface area contributed by atoms with E-state index in [1.54, 1.807) is 12.4 Å².